The van der Waals surface area contributed by atoms with E-state index >= 15 is 0 Å². The Bertz CT molecular complexity index is 701. The van der Waals surface area contributed by atoms with E-state index in [0.29, 0.717) is 10.3 Å². The molecule has 0 radical (unpaired) electrons. The van der Waals surface area contributed by atoms with Crippen LogP contribution in [-0.2, 0) is 9.84 Å². The summed E-state index contributed by atoms with van der Waals surface area (Å²) >= 11 is 3.15. The van der Waals surface area contributed by atoms with Crippen molar-refractivity contribution in [2.45, 2.75) is 9.92 Å². The van der Waals surface area contributed by atoms with Crippen LogP contribution >= 0.6 is 15.9 Å². The lowest BCUT2D eigenvalue weighted by atomic mass is 10.3. The molecule has 0 atom stereocenters. The minimum atomic E-state index is -3.69. The van der Waals surface area contributed by atoms with Crippen molar-refractivity contribution < 1.29 is 8.42 Å². The van der Waals surface area contributed by atoms with Crippen LogP contribution in [0.1, 0.15) is 0 Å². The quantitative estimate of drug-likeness (QED) is 0.650. The van der Waals surface area contributed by atoms with Gasteiger partial charge in [-0.05, 0) is 40.2 Å². The smallest absolute Gasteiger partial charge is 0.224 e. The molecule has 1 aromatic carbocycles. The van der Waals surface area contributed by atoms with Crippen LogP contribution < -0.4 is 11.1 Å². The minimum absolute atomic E-state index is 0.0801. The van der Waals surface area contributed by atoms with Crippen LogP contribution in [0.15, 0.2) is 44.9 Å². The summed E-state index contributed by atoms with van der Waals surface area (Å²) in [5.74, 6) is 0.225. The number of aromatic nitrogens is 2. The molecule has 0 aliphatic rings. The lowest BCUT2D eigenvalue weighted by molar-refractivity contribution is 0.592. The maximum Gasteiger partial charge on any atom is 0.224 e. The molecule has 0 saturated heterocycles. The van der Waals surface area contributed by atoms with Crippen LogP contribution in [0.3, 0.4) is 0 Å². The van der Waals surface area contributed by atoms with Crippen molar-refractivity contribution in [2.24, 2.45) is 0 Å². The second-order valence-corrected chi connectivity index (χ2v) is 6.38. The van der Waals surface area contributed by atoms with Crippen molar-refractivity contribution >= 4 is 37.4 Å². The molecule has 2 rings (SSSR count). The first-order valence-electron chi connectivity index (χ1n) is 5.26. The monoisotopic (exact) mass is 342 g/mol. The van der Waals surface area contributed by atoms with Crippen LogP contribution in [0, 0.1) is 0 Å². The van der Waals surface area contributed by atoms with Gasteiger partial charge in [-0.25, -0.2) is 18.4 Å². The highest BCUT2D eigenvalue weighted by Gasteiger charge is 2.20. The highest BCUT2D eigenvalue weighted by atomic mass is 79.9. The van der Waals surface area contributed by atoms with Crippen LogP contribution in [0.25, 0.3) is 0 Å². The highest BCUT2D eigenvalue weighted by Crippen LogP contribution is 2.23. The first-order valence-corrected chi connectivity index (χ1v) is 7.54. The van der Waals surface area contributed by atoms with Crippen molar-refractivity contribution in [3.05, 3.63) is 34.9 Å². The summed E-state index contributed by atoms with van der Waals surface area (Å²) in [4.78, 5) is 8.07. The summed E-state index contributed by atoms with van der Waals surface area (Å²) in [5.41, 5.74) is 6.04. The Hall–Kier alpha value is -1.67. The van der Waals surface area contributed by atoms with Crippen molar-refractivity contribution in [3.63, 3.8) is 0 Å². The molecule has 0 amide bonds. The van der Waals surface area contributed by atoms with Gasteiger partial charge in [0.05, 0.1) is 4.90 Å². The zero-order chi connectivity index (χ0) is 14.0. The number of nitrogen functional groups attached to an aromatic ring is 1. The number of rotatable bonds is 3. The first kappa shape index (κ1) is 13.8. The van der Waals surface area contributed by atoms with E-state index in [4.69, 9.17) is 5.73 Å². The third-order valence-corrected chi connectivity index (χ3v) is 4.42. The highest BCUT2D eigenvalue weighted by molar-refractivity contribution is 9.10. The number of sulfone groups is 1. The third-order valence-electron chi connectivity index (χ3n) is 2.36. The van der Waals surface area contributed by atoms with E-state index in [9.17, 15) is 8.42 Å². The fourth-order valence-corrected chi connectivity index (χ4v) is 3.16. The first-order chi connectivity index (χ1) is 8.93. The molecule has 3 N–H and O–H groups in total. The molecule has 6 nitrogen and oxygen atoms in total. The fraction of sp³-hybridized carbons (Fsp3) is 0.0909. The predicted octanol–water partition coefficient (Wildman–Crippen LogP) is 1.70. The van der Waals surface area contributed by atoms with Crippen molar-refractivity contribution in [3.8, 4) is 0 Å². The lowest BCUT2D eigenvalue weighted by Crippen LogP contribution is -2.08. The summed E-state index contributed by atoms with van der Waals surface area (Å²) in [6.07, 6.45) is 0. The molecule has 8 heteroatoms. The Morgan fingerprint density at radius 3 is 2.42 bits per heavy atom. The van der Waals surface area contributed by atoms with Crippen LogP contribution in [0.2, 0.25) is 0 Å². The van der Waals surface area contributed by atoms with E-state index in [0.717, 1.165) is 0 Å². The molecule has 0 unspecified atom stereocenters. The van der Waals surface area contributed by atoms with Crippen molar-refractivity contribution in [1.82, 2.24) is 9.97 Å². The summed E-state index contributed by atoms with van der Waals surface area (Å²) in [5, 5.41) is 2.62. The number of benzene rings is 1. The zero-order valence-corrected chi connectivity index (χ0v) is 12.4. The van der Waals surface area contributed by atoms with Gasteiger partial charge in [-0.2, -0.15) is 0 Å². The van der Waals surface area contributed by atoms with Crippen LogP contribution in [0.4, 0.5) is 11.6 Å². The molecule has 19 heavy (non-hydrogen) atoms. The Morgan fingerprint density at radius 2 is 1.84 bits per heavy atom. The molecule has 0 saturated carbocycles. The second kappa shape index (κ2) is 5.14. The van der Waals surface area contributed by atoms with Crippen molar-refractivity contribution in [2.75, 3.05) is 18.1 Å². The number of hydrogen-bond acceptors (Lipinski definition) is 6. The molecular weight excluding hydrogens is 332 g/mol. The lowest BCUT2D eigenvalue weighted by Gasteiger charge is -2.06. The summed E-state index contributed by atoms with van der Waals surface area (Å²) < 4.78 is 25.2. The standard InChI is InChI=1S/C11H11BrN4O2S/c1-14-11-15-9(12)6-10(16-11)19(17,18)8-4-2-7(13)3-5-8/h2-6H,13H2,1H3,(H,14,15,16). The van der Waals surface area contributed by atoms with E-state index in [1.807, 2.05) is 0 Å². The largest absolute Gasteiger partial charge is 0.399 e. The molecular formula is C11H11BrN4O2S. The molecule has 0 spiro atoms. The van der Waals surface area contributed by atoms with E-state index in [1.54, 1.807) is 7.05 Å². The molecule has 0 aliphatic carbocycles. The Kier molecular flexibility index (Phi) is 3.72. The molecule has 1 heterocycles. The van der Waals surface area contributed by atoms with E-state index < -0.39 is 9.84 Å². The minimum Gasteiger partial charge on any atom is -0.399 e. The van der Waals surface area contributed by atoms with Crippen LogP contribution in [-0.4, -0.2) is 25.4 Å². The second-order valence-electron chi connectivity index (χ2n) is 3.67. The molecule has 0 aliphatic heterocycles. The Balaban J connectivity index is 2.56. The molecule has 1 aromatic heterocycles. The summed E-state index contributed by atoms with van der Waals surface area (Å²) in [6.45, 7) is 0. The molecule has 0 bridgehead atoms. The number of nitrogens with two attached hydrogens (primary N) is 1. The SMILES string of the molecule is CNc1nc(Br)cc(S(=O)(=O)c2ccc(N)cc2)n1. The summed E-state index contributed by atoms with van der Waals surface area (Å²) in [6, 6.07) is 7.30. The molecule has 0 fully saturated rings. The van der Waals surface area contributed by atoms with Gasteiger partial charge in [-0.3, -0.25) is 0 Å². The van der Waals surface area contributed by atoms with Gasteiger partial charge in [-0.1, -0.05) is 0 Å². The van der Waals surface area contributed by atoms with Crippen molar-refractivity contribution in [1.29, 1.82) is 0 Å². The summed E-state index contributed by atoms with van der Waals surface area (Å²) in [7, 11) is -2.08. The van der Waals surface area contributed by atoms with Gasteiger partial charge in [0.1, 0.15) is 4.60 Å². The zero-order valence-electron chi connectivity index (χ0n) is 9.96. The average molecular weight is 343 g/mol. The van der Waals surface area contributed by atoms with Gasteiger partial charge in [0.25, 0.3) is 0 Å². The average Bonchev–Trinajstić information content (AvgIpc) is 2.38. The molecule has 100 valence electrons. The van der Waals surface area contributed by atoms with E-state index in [2.05, 4.69) is 31.2 Å². The maximum atomic E-state index is 12.4. The Labute approximate surface area is 119 Å². The topological polar surface area (TPSA) is 98.0 Å². The van der Waals surface area contributed by atoms with Gasteiger partial charge in [0, 0.05) is 18.8 Å². The van der Waals surface area contributed by atoms with Gasteiger partial charge < -0.3 is 11.1 Å². The van der Waals surface area contributed by atoms with E-state index in [1.165, 1.54) is 30.3 Å². The van der Waals surface area contributed by atoms with Gasteiger partial charge in [0.15, 0.2) is 5.03 Å². The maximum absolute atomic E-state index is 12.4. The number of anilines is 2. The van der Waals surface area contributed by atoms with Gasteiger partial charge in [0.2, 0.25) is 15.8 Å². The number of nitrogens with zero attached hydrogens (tertiary/aromatic N) is 2. The predicted molar refractivity (Wildman–Crippen MR) is 75.6 cm³/mol. The van der Waals surface area contributed by atoms with Gasteiger partial charge >= 0.3 is 0 Å². The Morgan fingerprint density at radius 1 is 1.21 bits per heavy atom. The third kappa shape index (κ3) is 2.85. The molecule has 2 aromatic rings. The van der Waals surface area contributed by atoms with Crippen LogP contribution in [0.5, 0.6) is 0 Å². The number of halogens is 1. The normalized spacial score (nSPS) is 11.3. The fourth-order valence-electron chi connectivity index (χ4n) is 1.41. The van der Waals surface area contributed by atoms with Gasteiger partial charge in [-0.15, -0.1) is 0 Å². The van der Waals surface area contributed by atoms with E-state index in [-0.39, 0.29) is 15.9 Å². The number of hydrogen-bond donors (Lipinski definition) is 2. The number of nitrogens with one attached hydrogen (secondary N) is 1.